The molecule has 4 aromatic rings. The predicted molar refractivity (Wildman–Crippen MR) is 118 cm³/mol. The van der Waals surface area contributed by atoms with Crippen LogP contribution in [0.5, 0.6) is 11.8 Å². The maximum absolute atomic E-state index is 12.4. The Kier molecular flexibility index (Phi) is 5.52. The van der Waals surface area contributed by atoms with Crippen molar-refractivity contribution in [2.75, 3.05) is 5.32 Å². The molecule has 5 heteroatoms. The van der Waals surface area contributed by atoms with Crippen LogP contribution in [-0.4, -0.2) is 15.9 Å². The number of rotatable bonds is 5. The number of anilines is 1. The Labute approximate surface area is 175 Å². The highest BCUT2D eigenvalue weighted by atomic mass is 16.5. The van der Waals surface area contributed by atoms with Gasteiger partial charge in [-0.3, -0.25) is 4.79 Å². The topological polar surface area (TPSA) is 64.1 Å². The number of hydrogen-bond acceptors (Lipinski definition) is 4. The van der Waals surface area contributed by atoms with Crippen molar-refractivity contribution in [3.05, 3.63) is 102 Å². The monoisotopic (exact) mass is 395 g/mol. The summed E-state index contributed by atoms with van der Waals surface area (Å²) in [4.78, 5) is 20.9. The molecule has 5 nitrogen and oxygen atoms in total. The van der Waals surface area contributed by atoms with Crippen LogP contribution in [0.2, 0.25) is 0 Å². The molecular formula is C25H21N3O2. The standard InChI is InChI=1S/C25H21N3O2/c1-17-3-7-19(8-4-17)21-15-26-25(27-16-21)30-23-13-9-20(10-14-23)24(29)28-22-11-5-18(2)6-12-22/h3-16H,1-2H3,(H,28,29). The molecule has 0 bridgehead atoms. The van der Waals surface area contributed by atoms with Crippen molar-refractivity contribution in [3.63, 3.8) is 0 Å². The number of aryl methyl sites for hydroxylation is 2. The van der Waals surface area contributed by atoms with Gasteiger partial charge in [0.25, 0.3) is 5.91 Å². The number of hydrogen-bond donors (Lipinski definition) is 1. The normalized spacial score (nSPS) is 10.5. The van der Waals surface area contributed by atoms with E-state index >= 15 is 0 Å². The minimum absolute atomic E-state index is 0.177. The van der Waals surface area contributed by atoms with E-state index in [2.05, 4.69) is 34.3 Å². The van der Waals surface area contributed by atoms with E-state index < -0.39 is 0 Å². The van der Waals surface area contributed by atoms with E-state index in [1.807, 2.05) is 43.3 Å². The highest BCUT2D eigenvalue weighted by Crippen LogP contribution is 2.22. The van der Waals surface area contributed by atoms with Crippen LogP contribution in [0, 0.1) is 13.8 Å². The molecule has 3 aromatic carbocycles. The van der Waals surface area contributed by atoms with Crippen LogP contribution in [0.3, 0.4) is 0 Å². The van der Waals surface area contributed by atoms with E-state index in [9.17, 15) is 4.79 Å². The molecule has 0 aliphatic carbocycles. The van der Waals surface area contributed by atoms with Crippen molar-refractivity contribution in [1.82, 2.24) is 9.97 Å². The Morgan fingerprint density at radius 1 is 0.733 bits per heavy atom. The van der Waals surface area contributed by atoms with E-state index in [0.717, 1.165) is 22.4 Å². The zero-order valence-corrected chi connectivity index (χ0v) is 16.8. The lowest BCUT2D eigenvalue weighted by molar-refractivity contribution is 0.102. The Morgan fingerprint density at radius 2 is 1.30 bits per heavy atom. The summed E-state index contributed by atoms with van der Waals surface area (Å²) in [6, 6.07) is 23.0. The summed E-state index contributed by atoms with van der Waals surface area (Å²) in [7, 11) is 0. The maximum atomic E-state index is 12.4. The van der Waals surface area contributed by atoms with Gasteiger partial charge in [-0.1, -0.05) is 47.5 Å². The molecule has 1 heterocycles. The van der Waals surface area contributed by atoms with E-state index in [-0.39, 0.29) is 11.9 Å². The lowest BCUT2D eigenvalue weighted by Gasteiger charge is -2.08. The second-order valence-electron chi connectivity index (χ2n) is 7.07. The number of amides is 1. The number of nitrogens with zero attached hydrogens (tertiary/aromatic N) is 2. The largest absolute Gasteiger partial charge is 0.424 e. The van der Waals surface area contributed by atoms with Crippen LogP contribution in [-0.2, 0) is 0 Å². The molecule has 0 spiro atoms. The predicted octanol–water partition coefficient (Wildman–Crippen LogP) is 5.81. The second kappa shape index (κ2) is 8.57. The number of benzene rings is 3. The van der Waals surface area contributed by atoms with E-state index in [4.69, 9.17) is 4.74 Å². The molecule has 0 aliphatic rings. The van der Waals surface area contributed by atoms with Crippen molar-refractivity contribution < 1.29 is 9.53 Å². The first kappa shape index (κ1) is 19.3. The van der Waals surface area contributed by atoms with Crippen LogP contribution in [0.1, 0.15) is 21.5 Å². The van der Waals surface area contributed by atoms with Gasteiger partial charge in [0.2, 0.25) is 0 Å². The zero-order valence-electron chi connectivity index (χ0n) is 16.8. The van der Waals surface area contributed by atoms with Crippen LogP contribution in [0.15, 0.2) is 85.2 Å². The van der Waals surface area contributed by atoms with Crippen LogP contribution in [0.25, 0.3) is 11.1 Å². The van der Waals surface area contributed by atoms with Gasteiger partial charge in [0.05, 0.1) is 0 Å². The van der Waals surface area contributed by atoms with E-state index in [1.165, 1.54) is 5.56 Å². The first-order chi connectivity index (χ1) is 14.6. The molecule has 1 aromatic heterocycles. The lowest BCUT2D eigenvalue weighted by Crippen LogP contribution is -2.11. The molecule has 30 heavy (non-hydrogen) atoms. The van der Waals surface area contributed by atoms with Gasteiger partial charge in [0.15, 0.2) is 0 Å². The van der Waals surface area contributed by atoms with Gasteiger partial charge < -0.3 is 10.1 Å². The number of ether oxygens (including phenoxy) is 1. The van der Waals surface area contributed by atoms with Crippen molar-refractivity contribution in [1.29, 1.82) is 0 Å². The summed E-state index contributed by atoms with van der Waals surface area (Å²) in [5.41, 5.74) is 5.62. The minimum Gasteiger partial charge on any atom is -0.424 e. The third kappa shape index (κ3) is 4.70. The minimum atomic E-state index is -0.177. The van der Waals surface area contributed by atoms with Gasteiger partial charge in [-0.25, -0.2) is 9.97 Å². The number of nitrogens with one attached hydrogen (secondary N) is 1. The van der Waals surface area contributed by atoms with Gasteiger partial charge in [-0.2, -0.15) is 0 Å². The average Bonchev–Trinajstić information content (AvgIpc) is 2.77. The fourth-order valence-electron chi connectivity index (χ4n) is 2.88. The maximum Gasteiger partial charge on any atom is 0.321 e. The van der Waals surface area contributed by atoms with Crippen LogP contribution in [0.4, 0.5) is 5.69 Å². The van der Waals surface area contributed by atoms with Crippen molar-refractivity contribution >= 4 is 11.6 Å². The highest BCUT2D eigenvalue weighted by Gasteiger charge is 2.08. The van der Waals surface area contributed by atoms with Gasteiger partial charge >= 0.3 is 6.01 Å². The summed E-state index contributed by atoms with van der Waals surface area (Å²) in [5, 5.41) is 2.88. The summed E-state index contributed by atoms with van der Waals surface area (Å²) < 4.78 is 5.70. The van der Waals surface area contributed by atoms with Gasteiger partial charge in [0.1, 0.15) is 5.75 Å². The molecule has 0 saturated heterocycles. The van der Waals surface area contributed by atoms with Crippen molar-refractivity contribution in [2.24, 2.45) is 0 Å². The first-order valence-electron chi connectivity index (χ1n) is 9.62. The molecule has 148 valence electrons. The fraction of sp³-hybridized carbons (Fsp3) is 0.0800. The van der Waals surface area contributed by atoms with Gasteiger partial charge in [0, 0.05) is 29.2 Å². The molecular weight excluding hydrogens is 374 g/mol. The van der Waals surface area contributed by atoms with Crippen molar-refractivity contribution in [3.8, 4) is 22.9 Å². The third-order valence-corrected chi connectivity index (χ3v) is 4.65. The molecule has 0 aliphatic heterocycles. The number of aromatic nitrogens is 2. The molecule has 1 amide bonds. The van der Waals surface area contributed by atoms with E-state index in [0.29, 0.717) is 11.3 Å². The smallest absolute Gasteiger partial charge is 0.321 e. The van der Waals surface area contributed by atoms with Gasteiger partial charge in [-0.05, 0) is 55.8 Å². The molecule has 4 rings (SSSR count). The lowest BCUT2D eigenvalue weighted by atomic mass is 10.1. The second-order valence-corrected chi connectivity index (χ2v) is 7.07. The summed E-state index contributed by atoms with van der Waals surface area (Å²) in [6.45, 7) is 4.05. The Balaban J connectivity index is 1.40. The molecule has 0 saturated carbocycles. The number of carbonyl (C=O) groups excluding carboxylic acids is 1. The molecule has 0 unspecified atom stereocenters. The molecule has 1 N–H and O–H groups in total. The zero-order chi connectivity index (χ0) is 20.9. The SMILES string of the molecule is Cc1ccc(NC(=O)c2ccc(Oc3ncc(-c4ccc(C)cc4)cn3)cc2)cc1. The molecule has 0 radical (unpaired) electrons. The summed E-state index contributed by atoms with van der Waals surface area (Å²) in [5.74, 6) is 0.383. The highest BCUT2D eigenvalue weighted by molar-refractivity contribution is 6.04. The first-order valence-corrected chi connectivity index (χ1v) is 9.62. The molecule has 0 fully saturated rings. The van der Waals surface area contributed by atoms with Crippen LogP contribution >= 0.6 is 0 Å². The van der Waals surface area contributed by atoms with Crippen LogP contribution < -0.4 is 10.1 Å². The fourth-order valence-corrected chi connectivity index (χ4v) is 2.88. The number of carbonyl (C=O) groups is 1. The Hall–Kier alpha value is -3.99. The van der Waals surface area contributed by atoms with E-state index in [1.54, 1.807) is 36.7 Å². The summed E-state index contributed by atoms with van der Waals surface area (Å²) >= 11 is 0. The van der Waals surface area contributed by atoms with Gasteiger partial charge in [-0.15, -0.1) is 0 Å². The van der Waals surface area contributed by atoms with Crippen molar-refractivity contribution in [2.45, 2.75) is 13.8 Å². The third-order valence-electron chi connectivity index (χ3n) is 4.65. The average molecular weight is 395 g/mol. The Bertz CT molecular complexity index is 1140. The molecule has 0 atom stereocenters. The summed E-state index contributed by atoms with van der Waals surface area (Å²) in [6.07, 6.45) is 3.47. The Morgan fingerprint density at radius 3 is 1.90 bits per heavy atom. The quantitative estimate of drug-likeness (QED) is 0.463.